The summed E-state index contributed by atoms with van der Waals surface area (Å²) < 4.78 is 1.74. The normalized spacial score (nSPS) is 11.7. The highest BCUT2D eigenvalue weighted by Gasteiger charge is 2.13. The van der Waals surface area contributed by atoms with Crippen LogP contribution in [0.3, 0.4) is 0 Å². The first-order valence-electron chi connectivity index (χ1n) is 7.93. The van der Waals surface area contributed by atoms with E-state index in [0.717, 1.165) is 11.0 Å². The molecule has 134 valence electrons. The van der Waals surface area contributed by atoms with Crippen molar-refractivity contribution in [2.24, 2.45) is 5.10 Å². The second kappa shape index (κ2) is 7.76. The van der Waals surface area contributed by atoms with Crippen LogP contribution in [0.15, 0.2) is 47.8 Å². The van der Waals surface area contributed by atoms with E-state index in [4.69, 9.17) is 23.2 Å². The van der Waals surface area contributed by atoms with Crippen molar-refractivity contribution in [1.82, 2.24) is 15.0 Å². The van der Waals surface area contributed by atoms with Gasteiger partial charge in [-0.25, -0.2) is 10.4 Å². The monoisotopic (exact) mass is 390 g/mol. The van der Waals surface area contributed by atoms with Crippen molar-refractivity contribution in [3.05, 3.63) is 58.3 Å². The van der Waals surface area contributed by atoms with Crippen LogP contribution in [0.25, 0.3) is 11.0 Å². The molecule has 1 aromatic heterocycles. The second-order valence-electron chi connectivity index (χ2n) is 5.59. The molecule has 3 rings (SSSR count). The zero-order valence-electron chi connectivity index (χ0n) is 13.9. The Hall–Kier alpha value is -2.57. The molecule has 8 heteroatoms. The Morgan fingerprint density at radius 3 is 2.85 bits per heavy atom. The minimum Gasteiger partial charge on any atom is -0.506 e. The molecular weight excluding hydrogens is 375 g/mol. The first-order chi connectivity index (χ1) is 12.5. The van der Waals surface area contributed by atoms with Gasteiger partial charge in [0.05, 0.1) is 28.1 Å². The Morgan fingerprint density at radius 2 is 2.08 bits per heavy atom. The minimum atomic E-state index is -0.313. The van der Waals surface area contributed by atoms with Gasteiger partial charge in [0.1, 0.15) is 12.3 Å². The second-order valence-corrected chi connectivity index (χ2v) is 6.44. The van der Waals surface area contributed by atoms with E-state index < -0.39 is 0 Å². The van der Waals surface area contributed by atoms with E-state index in [1.165, 1.54) is 6.07 Å². The van der Waals surface area contributed by atoms with E-state index in [1.54, 1.807) is 17.0 Å². The van der Waals surface area contributed by atoms with Gasteiger partial charge in [0.2, 0.25) is 0 Å². The van der Waals surface area contributed by atoms with E-state index >= 15 is 0 Å². The number of aromatic nitrogens is 2. The predicted octanol–water partition coefficient (Wildman–Crippen LogP) is 3.98. The van der Waals surface area contributed by atoms with Gasteiger partial charge < -0.3 is 9.67 Å². The molecule has 6 nitrogen and oxygen atoms in total. The van der Waals surface area contributed by atoms with Crippen LogP contribution in [-0.4, -0.2) is 26.3 Å². The van der Waals surface area contributed by atoms with Crippen LogP contribution in [0.5, 0.6) is 5.75 Å². The molecule has 0 fully saturated rings. The number of halogens is 2. The van der Waals surface area contributed by atoms with Gasteiger partial charge in [-0.2, -0.15) is 5.10 Å². The molecule has 1 amide bonds. The molecule has 0 aliphatic rings. The molecular formula is C18H16Cl2N4O2. The van der Waals surface area contributed by atoms with Crippen LogP contribution < -0.4 is 5.43 Å². The van der Waals surface area contributed by atoms with Crippen LogP contribution in [0.1, 0.15) is 18.9 Å². The molecule has 0 spiro atoms. The number of aromatic hydroxyl groups is 1. The van der Waals surface area contributed by atoms with Gasteiger partial charge in [0, 0.05) is 10.6 Å². The Balaban J connectivity index is 1.78. The summed E-state index contributed by atoms with van der Waals surface area (Å²) in [5, 5.41) is 14.7. The van der Waals surface area contributed by atoms with Crippen molar-refractivity contribution in [2.75, 3.05) is 0 Å². The molecule has 0 unspecified atom stereocenters. The zero-order chi connectivity index (χ0) is 18.7. The average molecular weight is 391 g/mol. The maximum atomic E-state index is 12.2. The van der Waals surface area contributed by atoms with Gasteiger partial charge >= 0.3 is 0 Å². The maximum absolute atomic E-state index is 12.2. The number of carbonyl (C=O) groups excluding carboxylic acids is 1. The van der Waals surface area contributed by atoms with Crippen molar-refractivity contribution < 1.29 is 9.90 Å². The first-order valence-corrected chi connectivity index (χ1v) is 8.68. The Bertz CT molecular complexity index is 998. The number of hydrogen-bond donors (Lipinski definition) is 2. The lowest BCUT2D eigenvalue weighted by molar-refractivity contribution is -0.121. The van der Waals surface area contributed by atoms with Gasteiger partial charge in [-0.1, -0.05) is 42.3 Å². The minimum absolute atomic E-state index is 0.0727. The number of nitrogens with zero attached hydrogens (tertiary/aromatic N) is 3. The smallest absolute Gasteiger partial charge is 0.260 e. The van der Waals surface area contributed by atoms with E-state index in [2.05, 4.69) is 15.5 Å². The number of rotatable bonds is 5. The van der Waals surface area contributed by atoms with Crippen LogP contribution in [0, 0.1) is 0 Å². The standard InChI is InChI=1S/C18H16Cl2N4O2/c1-2-14(12-7-11(19)8-13(20)18(12)26)22-23-17(25)9-24-10-21-15-5-3-4-6-16(15)24/h3-8,10,26H,2,9H2,1H3,(H,23,25)/b22-14+. The van der Waals surface area contributed by atoms with Crippen molar-refractivity contribution in [1.29, 1.82) is 0 Å². The van der Waals surface area contributed by atoms with Gasteiger partial charge in [-0.3, -0.25) is 4.79 Å². The fraction of sp³-hybridized carbons (Fsp3) is 0.167. The average Bonchev–Trinajstić information content (AvgIpc) is 3.02. The Labute approximate surface area is 160 Å². The molecule has 2 N–H and O–H groups in total. The van der Waals surface area contributed by atoms with Crippen LogP contribution >= 0.6 is 23.2 Å². The fourth-order valence-electron chi connectivity index (χ4n) is 2.57. The first kappa shape index (κ1) is 18.2. The summed E-state index contributed by atoms with van der Waals surface area (Å²) in [6, 6.07) is 10.5. The van der Waals surface area contributed by atoms with Crippen molar-refractivity contribution >= 4 is 45.9 Å². The summed E-state index contributed by atoms with van der Waals surface area (Å²) in [5.41, 5.74) is 5.04. The lowest BCUT2D eigenvalue weighted by Crippen LogP contribution is -2.24. The highest BCUT2D eigenvalue weighted by molar-refractivity contribution is 6.36. The number of phenols is 1. The third-order valence-electron chi connectivity index (χ3n) is 3.83. The maximum Gasteiger partial charge on any atom is 0.260 e. The quantitative estimate of drug-likeness (QED) is 0.510. The number of para-hydroxylation sites is 2. The molecule has 0 saturated heterocycles. The van der Waals surface area contributed by atoms with Gasteiger partial charge in [0.15, 0.2) is 0 Å². The Kier molecular flexibility index (Phi) is 5.44. The third kappa shape index (κ3) is 3.81. The van der Waals surface area contributed by atoms with E-state index in [9.17, 15) is 9.90 Å². The van der Waals surface area contributed by atoms with Gasteiger partial charge in [0.25, 0.3) is 5.91 Å². The molecule has 2 aromatic carbocycles. The summed E-state index contributed by atoms with van der Waals surface area (Å²) in [4.78, 5) is 16.5. The molecule has 26 heavy (non-hydrogen) atoms. The molecule has 1 heterocycles. The Morgan fingerprint density at radius 1 is 1.31 bits per heavy atom. The number of hydrogen-bond acceptors (Lipinski definition) is 4. The van der Waals surface area contributed by atoms with Crippen LogP contribution in [-0.2, 0) is 11.3 Å². The van der Waals surface area contributed by atoms with Gasteiger partial charge in [-0.15, -0.1) is 0 Å². The molecule has 3 aromatic rings. The van der Waals surface area contributed by atoms with E-state index in [1.807, 2.05) is 31.2 Å². The number of amides is 1. The van der Waals surface area contributed by atoms with Crippen LogP contribution in [0.4, 0.5) is 0 Å². The van der Waals surface area contributed by atoms with Crippen molar-refractivity contribution in [3.8, 4) is 5.75 Å². The number of hydrazone groups is 1. The molecule has 0 saturated carbocycles. The number of fused-ring (bicyclic) bond motifs is 1. The fourth-order valence-corrected chi connectivity index (χ4v) is 3.07. The SMILES string of the molecule is CC/C(=N\NC(=O)Cn1cnc2ccccc21)c1cc(Cl)cc(Cl)c1O. The summed E-state index contributed by atoms with van der Waals surface area (Å²) >= 11 is 11.9. The molecule has 0 aliphatic carbocycles. The summed E-state index contributed by atoms with van der Waals surface area (Å²) in [6.45, 7) is 1.92. The molecule has 0 radical (unpaired) electrons. The highest BCUT2D eigenvalue weighted by Crippen LogP contribution is 2.32. The topological polar surface area (TPSA) is 79.5 Å². The summed E-state index contributed by atoms with van der Waals surface area (Å²) in [6.07, 6.45) is 2.08. The van der Waals surface area contributed by atoms with E-state index in [0.29, 0.717) is 22.7 Å². The summed E-state index contributed by atoms with van der Waals surface area (Å²) in [5.74, 6) is -0.432. The van der Waals surface area contributed by atoms with Crippen molar-refractivity contribution in [2.45, 2.75) is 19.9 Å². The van der Waals surface area contributed by atoms with Crippen molar-refractivity contribution in [3.63, 3.8) is 0 Å². The zero-order valence-corrected chi connectivity index (χ0v) is 15.4. The third-order valence-corrected chi connectivity index (χ3v) is 4.34. The number of nitrogens with one attached hydrogen (secondary N) is 1. The predicted molar refractivity (Wildman–Crippen MR) is 103 cm³/mol. The number of imidazole rings is 1. The molecule has 0 aliphatic heterocycles. The lowest BCUT2D eigenvalue weighted by Gasteiger charge is -2.10. The molecule has 0 atom stereocenters. The van der Waals surface area contributed by atoms with Gasteiger partial charge in [-0.05, 0) is 30.7 Å². The molecule has 0 bridgehead atoms. The lowest BCUT2D eigenvalue weighted by atomic mass is 10.1. The number of phenolic OH excluding ortho intramolecular Hbond substituents is 1. The van der Waals surface area contributed by atoms with Crippen LogP contribution in [0.2, 0.25) is 10.0 Å². The highest BCUT2D eigenvalue weighted by atomic mass is 35.5. The number of carbonyl (C=O) groups is 1. The summed E-state index contributed by atoms with van der Waals surface area (Å²) in [7, 11) is 0. The number of benzene rings is 2. The van der Waals surface area contributed by atoms with E-state index in [-0.39, 0.29) is 23.2 Å². The largest absolute Gasteiger partial charge is 0.506 e.